The lowest BCUT2D eigenvalue weighted by molar-refractivity contribution is -0.230. The van der Waals surface area contributed by atoms with Crippen LogP contribution in [0.25, 0.3) is 0 Å². The summed E-state index contributed by atoms with van der Waals surface area (Å²) in [5.74, 6) is 2.71. The van der Waals surface area contributed by atoms with Crippen molar-refractivity contribution >= 4 is 0 Å². The average molecular weight is 336 g/mol. The Labute approximate surface area is 146 Å². The summed E-state index contributed by atoms with van der Waals surface area (Å²) >= 11 is 0. The molecule has 24 heavy (non-hydrogen) atoms. The summed E-state index contributed by atoms with van der Waals surface area (Å²) in [6.45, 7) is 3.78. The molecule has 0 amide bonds. The molecule has 136 valence electrons. The van der Waals surface area contributed by atoms with E-state index in [4.69, 9.17) is 9.47 Å². The summed E-state index contributed by atoms with van der Waals surface area (Å²) in [6.07, 6.45) is 16.1. The predicted molar refractivity (Wildman–Crippen MR) is 95.2 cm³/mol. The van der Waals surface area contributed by atoms with Crippen molar-refractivity contribution in [3.8, 4) is 0 Å². The molecule has 0 aromatic heterocycles. The summed E-state index contributed by atoms with van der Waals surface area (Å²) < 4.78 is 25.3. The first-order chi connectivity index (χ1) is 11.8. The first kappa shape index (κ1) is 18.1. The Balaban J connectivity index is 1.37. The first-order valence-electron chi connectivity index (χ1n) is 9.95. The average Bonchev–Trinajstić information content (AvgIpc) is 2.63. The number of rotatable bonds is 5. The molecule has 3 rings (SSSR count). The predicted octanol–water partition coefficient (Wildman–Crippen LogP) is 5.79. The Kier molecular flexibility index (Phi) is 6.91. The van der Waals surface area contributed by atoms with Crippen molar-refractivity contribution in [2.24, 2.45) is 23.7 Å². The highest BCUT2D eigenvalue weighted by Crippen LogP contribution is 2.41. The van der Waals surface area contributed by atoms with Crippen LogP contribution in [0.3, 0.4) is 0 Å². The first-order valence-corrected chi connectivity index (χ1v) is 9.95. The molecule has 1 saturated heterocycles. The van der Waals surface area contributed by atoms with Crippen LogP contribution in [-0.2, 0) is 9.47 Å². The van der Waals surface area contributed by atoms with Crippen LogP contribution in [-0.4, -0.2) is 19.5 Å². The minimum Gasteiger partial charge on any atom is -0.352 e. The molecule has 0 N–H and O–H groups in total. The van der Waals surface area contributed by atoms with Gasteiger partial charge in [-0.05, 0) is 76.5 Å². The molecule has 1 aliphatic heterocycles. The van der Waals surface area contributed by atoms with Crippen LogP contribution < -0.4 is 0 Å². The molecule has 0 bridgehead atoms. The minimum atomic E-state index is 0.0209. The molecule has 0 radical (unpaired) electrons. The van der Waals surface area contributed by atoms with E-state index in [0.717, 1.165) is 44.8 Å². The SMILES string of the molecule is CC=CCCC1COC(C2CCC(C3CC=C(F)CC3)CC2)OC1. The van der Waals surface area contributed by atoms with Gasteiger partial charge in [-0.15, -0.1) is 0 Å². The van der Waals surface area contributed by atoms with Gasteiger partial charge in [0.1, 0.15) is 0 Å². The number of hydrogen-bond donors (Lipinski definition) is 0. The molecule has 1 atom stereocenters. The smallest absolute Gasteiger partial charge is 0.160 e. The lowest BCUT2D eigenvalue weighted by Gasteiger charge is -2.39. The largest absolute Gasteiger partial charge is 0.352 e. The highest BCUT2D eigenvalue weighted by Gasteiger charge is 2.34. The topological polar surface area (TPSA) is 18.5 Å². The summed E-state index contributed by atoms with van der Waals surface area (Å²) in [5, 5.41) is 0. The Bertz CT molecular complexity index is 429. The fourth-order valence-corrected chi connectivity index (χ4v) is 4.63. The van der Waals surface area contributed by atoms with E-state index in [9.17, 15) is 4.39 Å². The zero-order valence-electron chi connectivity index (χ0n) is 15.1. The minimum absolute atomic E-state index is 0.0209. The van der Waals surface area contributed by atoms with Crippen molar-refractivity contribution in [3.05, 3.63) is 24.1 Å². The second-order valence-corrected chi connectivity index (χ2v) is 7.91. The van der Waals surface area contributed by atoms with E-state index in [2.05, 4.69) is 19.1 Å². The van der Waals surface area contributed by atoms with Gasteiger partial charge in [-0.25, -0.2) is 4.39 Å². The second kappa shape index (κ2) is 9.15. The van der Waals surface area contributed by atoms with E-state index in [-0.39, 0.29) is 12.1 Å². The molecule has 3 heteroatoms. The van der Waals surface area contributed by atoms with Crippen molar-refractivity contribution in [1.82, 2.24) is 0 Å². The molecule has 0 aromatic rings. The highest BCUT2D eigenvalue weighted by atomic mass is 19.1. The third-order valence-electron chi connectivity index (χ3n) is 6.23. The maximum absolute atomic E-state index is 13.2. The zero-order valence-corrected chi connectivity index (χ0v) is 15.1. The van der Waals surface area contributed by atoms with Crippen molar-refractivity contribution < 1.29 is 13.9 Å². The Hall–Kier alpha value is -0.670. The van der Waals surface area contributed by atoms with Gasteiger partial charge in [-0.2, -0.15) is 0 Å². The fourth-order valence-electron chi connectivity index (χ4n) is 4.63. The van der Waals surface area contributed by atoms with E-state index in [1.54, 1.807) is 0 Å². The van der Waals surface area contributed by atoms with Crippen molar-refractivity contribution in [3.63, 3.8) is 0 Å². The Morgan fingerprint density at radius 3 is 2.38 bits per heavy atom. The third-order valence-corrected chi connectivity index (χ3v) is 6.23. The molecule has 1 heterocycles. The van der Waals surface area contributed by atoms with Gasteiger partial charge in [0, 0.05) is 11.8 Å². The highest BCUT2D eigenvalue weighted by molar-refractivity contribution is 4.99. The molecule has 2 fully saturated rings. The molecular formula is C21H33FO2. The van der Waals surface area contributed by atoms with Gasteiger partial charge in [0.15, 0.2) is 6.29 Å². The summed E-state index contributed by atoms with van der Waals surface area (Å²) in [7, 11) is 0. The molecular weight excluding hydrogens is 303 g/mol. The van der Waals surface area contributed by atoms with Crippen LogP contribution in [0, 0.1) is 23.7 Å². The maximum atomic E-state index is 13.2. The van der Waals surface area contributed by atoms with E-state index >= 15 is 0 Å². The molecule has 0 aromatic carbocycles. The van der Waals surface area contributed by atoms with Crippen LogP contribution in [0.4, 0.5) is 4.39 Å². The number of halogens is 1. The quantitative estimate of drug-likeness (QED) is 0.591. The lowest BCUT2D eigenvalue weighted by Crippen LogP contribution is -2.39. The fraction of sp³-hybridized carbons (Fsp3) is 0.810. The van der Waals surface area contributed by atoms with Gasteiger partial charge >= 0.3 is 0 Å². The van der Waals surface area contributed by atoms with Crippen LogP contribution in [0.5, 0.6) is 0 Å². The van der Waals surface area contributed by atoms with Gasteiger partial charge in [-0.1, -0.05) is 18.2 Å². The number of allylic oxidation sites excluding steroid dienone is 4. The summed E-state index contributed by atoms with van der Waals surface area (Å²) in [4.78, 5) is 0. The lowest BCUT2D eigenvalue weighted by atomic mass is 9.72. The number of ether oxygens (including phenoxy) is 2. The van der Waals surface area contributed by atoms with Gasteiger partial charge < -0.3 is 9.47 Å². The Morgan fingerprint density at radius 1 is 1.04 bits per heavy atom. The van der Waals surface area contributed by atoms with Crippen molar-refractivity contribution in [2.45, 2.75) is 71.0 Å². The molecule has 2 aliphatic carbocycles. The summed E-state index contributed by atoms with van der Waals surface area (Å²) in [5.41, 5.74) is 0. The van der Waals surface area contributed by atoms with Gasteiger partial charge in [-0.3, -0.25) is 0 Å². The summed E-state index contributed by atoms with van der Waals surface area (Å²) in [6, 6.07) is 0. The maximum Gasteiger partial charge on any atom is 0.160 e. The van der Waals surface area contributed by atoms with Crippen molar-refractivity contribution in [2.75, 3.05) is 13.2 Å². The van der Waals surface area contributed by atoms with Gasteiger partial charge in [0.2, 0.25) is 0 Å². The Morgan fingerprint density at radius 2 is 1.75 bits per heavy atom. The van der Waals surface area contributed by atoms with Gasteiger partial charge in [0.05, 0.1) is 19.0 Å². The van der Waals surface area contributed by atoms with Crippen LogP contribution in [0.1, 0.15) is 64.7 Å². The van der Waals surface area contributed by atoms with Crippen LogP contribution in [0.2, 0.25) is 0 Å². The van der Waals surface area contributed by atoms with Gasteiger partial charge in [0.25, 0.3) is 0 Å². The standard InChI is InChI=1S/C21H33FO2/c1-2-3-4-5-16-14-23-21(24-15-16)19-8-6-17(7-9-19)18-10-12-20(22)13-11-18/h2-3,12,16-19,21H,4-11,13-15H2,1H3. The number of hydrogen-bond acceptors (Lipinski definition) is 2. The van der Waals surface area contributed by atoms with Crippen molar-refractivity contribution in [1.29, 1.82) is 0 Å². The molecule has 2 nitrogen and oxygen atoms in total. The normalized spacial score (nSPS) is 38.2. The van der Waals surface area contributed by atoms with E-state index in [0.29, 0.717) is 24.2 Å². The van der Waals surface area contributed by atoms with Crippen LogP contribution >= 0.6 is 0 Å². The third kappa shape index (κ3) is 4.92. The molecule has 3 aliphatic rings. The van der Waals surface area contributed by atoms with Crippen LogP contribution in [0.15, 0.2) is 24.1 Å². The molecule has 1 saturated carbocycles. The van der Waals surface area contributed by atoms with E-state index < -0.39 is 0 Å². The van der Waals surface area contributed by atoms with E-state index in [1.807, 2.05) is 6.08 Å². The molecule has 1 unspecified atom stereocenters. The molecule has 0 spiro atoms. The zero-order chi connectivity index (χ0) is 16.8. The second-order valence-electron chi connectivity index (χ2n) is 7.91. The van der Waals surface area contributed by atoms with E-state index in [1.165, 1.54) is 25.7 Å². The monoisotopic (exact) mass is 336 g/mol.